The number of hydrogen-bond donors (Lipinski definition) is 2. The van der Waals surface area contributed by atoms with Gasteiger partial charge in [-0.25, -0.2) is 0 Å². The summed E-state index contributed by atoms with van der Waals surface area (Å²) >= 11 is 0. The zero-order chi connectivity index (χ0) is 21.3. The van der Waals surface area contributed by atoms with Crippen LogP contribution in [0, 0.1) is 0 Å². The second-order valence-corrected chi connectivity index (χ2v) is 7.32. The van der Waals surface area contributed by atoms with Crippen molar-refractivity contribution in [3.05, 3.63) is 53.6 Å². The molecule has 2 aromatic carbocycles. The summed E-state index contributed by atoms with van der Waals surface area (Å²) in [5, 5.41) is 5.44. The van der Waals surface area contributed by atoms with Gasteiger partial charge in [-0.3, -0.25) is 14.5 Å². The minimum absolute atomic E-state index is 0.123. The highest BCUT2D eigenvalue weighted by Crippen LogP contribution is 2.28. The molecule has 0 radical (unpaired) electrons. The summed E-state index contributed by atoms with van der Waals surface area (Å²) in [5.41, 5.74) is 2.39. The number of nitrogens with zero attached hydrogens (tertiary/aromatic N) is 1. The molecule has 2 N–H and O–H groups in total. The Bertz CT molecular complexity index is 879. The van der Waals surface area contributed by atoms with Crippen LogP contribution in [0.15, 0.2) is 42.5 Å². The van der Waals surface area contributed by atoms with Crippen LogP contribution in [0.4, 0.5) is 5.69 Å². The van der Waals surface area contributed by atoms with E-state index in [1.807, 2.05) is 18.2 Å². The van der Waals surface area contributed by atoms with Crippen LogP contribution >= 0.6 is 0 Å². The van der Waals surface area contributed by atoms with E-state index in [0.29, 0.717) is 17.1 Å². The number of piperidine rings is 1. The van der Waals surface area contributed by atoms with Gasteiger partial charge < -0.3 is 20.1 Å². The number of carbonyl (C=O) groups excluding carboxylic acids is 2. The summed E-state index contributed by atoms with van der Waals surface area (Å²) in [6, 6.07) is 12.8. The quantitative estimate of drug-likeness (QED) is 0.698. The van der Waals surface area contributed by atoms with Crippen molar-refractivity contribution in [2.45, 2.75) is 25.8 Å². The Morgan fingerprint density at radius 2 is 1.83 bits per heavy atom. The van der Waals surface area contributed by atoms with Gasteiger partial charge in [-0.2, -0.15) is 0 Å². The van der Waals surface area contributed by atoms with Gasteiger partial charge in [0.2, 0.25) is 0 Å². The fraction of sp³-hybridized carbons (Fsp3) is 0.391. The molecule has 7 nitrogen and oxygen atoms in total. The van der Waals surface area contributed by atoms with E-state index in [2.05, 4.69) is 21.6 Å². The first-order chi connectivity index (χ1) is 14.6. The number of likely N-dealkylation sites (N-methyl/N-ethyl adjacent to an activating group) is 1. The molecule has 1 saturated heterocycles. The third-order valence-corrected chi connectivity index (χ3v) is 5.10. The van der Waals surface area contributed by atoms with Gasteiger partial charge in [0.1, 0.15) is 0 Å². The van der Waals surface area contributed by atoms with Crippen LogP contribution in [0.1, 0.15) is 35.2 Å². The summed E-state index contributed by atoms with van der Waals surface area (Å²) in [7, 11) is 3.03. The van der Waals surface area contributed by atoms with Crippen LogP contribution in [0.25, 0.3) is 0 Å². The minimum Gasteiger partial charge on any atom is -0.493 e. The Morgan fingerprint density at radius 3 is 2.57 bits per heavy atom. The summed E-state index contributed by atoms with van der Waals surface area (Å²) in [5.74, 6) is 0.316. The second kappa shape index (κ2) is 10.6. The van der Waals surface area contributed by atoms with Gasteiger partial charge in [-0.15, -0.1) is 0 Å². The van der Waals surface area contributed by atoms with Crippen molar-refractivity contribution in [2.24, 2.45) is 0 Å². The predicted molar refractivity (Wildman–Crippen MR) is 116 cm³/mol. The van der Waals surface area contributed by atoms with Gasteiger partial charge in [-0.1, -0.05) is 18.6 Å². The molecule has 2 amide bonds. The fourth-order valence-corrected chi connectivity index (χ4v) is 3.47. The SMILES string of the molecule is CNC(=O)COc1ccc(C(=O)Nc2cccc(CN3CCCCC3)c2)cc1OC. The van der Waals surface area contributed by atoms with Crippen LogP contribution in [-0.2, 0) is 11.3 Å². The maximum Gasteiger partial charge on any atom is 0.257 e. The zero-order valence-electron chi connectivity index (χ0n) is 17.6. The number of anilines is 1. The topological polar surface area (TPSA) is 79.9 Å². The van der Waals surface area contributed by atoms with Crippen LogP contribution in [0.5, 0.6) is 11.5 Å². The van der Waals surface area contributed by atoms with Crippen molar-refractivity contribution in [1.29, 1.82) is 0 Å². The normalized spacial score (nSPS) is 14.1. The Balaban J connectivity index is 1.65. The lowest BCUT2D eigenvalue weighted by Gasteiger charge is -2.26. The van der Waals surface area contributed by atoms with Gasteiger partial charge in [0.05, 0.1) is 7.11 Å². The molecular weight excluding hydrogens is 382 g/mol. The zero-order valence-corrected chi connectivity index (χ0v) is 17.6. The predicted octanol–water partition coefficient (Wildman–Crippen LogP) is 3.06. The van der Waals surface area contributed by atoms with E-state index in [1.54, 1.807) is 18.2 Å². The van der Waals surface area contributed by atoms with Crippen molar-refractivity contribution in [3.63, 3.8) is 0 Å². The van der Waals surface area contributed by atoms with Crippen LogP contribution in [0.2, 0.25) is 0 Å². The van der Waals surface area contributed by atoms with Gasteiger partial charge in [0, 0.05) is 24.8 Å². The summed E-state index contributed by atoms with van der Waals surface area (Å²) < 4.78 is 10.8. The summed E-state index contributed by atoms with van der Waals surface area (Å²) in [6.07, 6.45) is 3.81. The maximum atomic E-state index is 12.7. The highest BCUT2D eigenvalue weighted by molar-refractivity contribution is 6.04. The molecular formula is C23H29N3O4. The molecule has 30 heavy (non-hydrogen) atoms. The van der Waals surface area contributed by atoms with Gasteiger partial charge in [-0.05, 0) is 61.8 Å². The minimum atomic E-state index is -0.247. The van der Waals surface area contributed by atoms with Gasteiger partial charge in [0.15, 0.2) is 18.1 Å². The number of hydrogen-bond acceptors (Lipinski definition) is 5. The highest BCUT2D eigenvalue weighted by atomic mass is 16.5. The van der Waals surface area contributed by atoms with E-state index in [1.165, 1.54) is 39.0 Å². The molecule has 2 aromatic rings. The lowest BCUT2D eigenvalue weighted by molar-refractivity contribution is -0.122. The molecule has 0 spiro atoms. The number of likely N-dealkylation sites (tertiary alicyclic amines) is 1. The average Bonchev–Trinajstić information content (AvgIpc) is 2.78. The molecule has 1 aliphatic rings. The van der Waals surface area contributed by atoms with Gasteiger partial charge >= 0.3 is 0 Å². The molecule has 0 saturated carbocycles. The molecule has 0 bridgehead atoms. The molecule has 7 heteroatoms. The highest BCUT2D eigenvalue weighted by Gasteiger charge is 2.14. The molecule has 0 aliphatic carbocycles. The van der Waals surface area contributed by atoms with Gasteiger partial charge in [0.25, 0.3) is 11.8 Å². The van der Waals surface area contributed by atoms with E-state index in [0.717, 1.165) is 25.3 Å². The molecule has 1 fully saturated rings. The Labute approximate surface area is 177 Å². The fourth-order valence-electron chi connectivity index (χ4n) is 3.47. The molecule has 0 aromatic heterocycles. The van der Waals surface area contributed by atoms with E-state index in [4.69, 9.17) is 9.47 Å². The Kier molecular flexibility index (Phi) is 7.68. The number of benzene rings is 2. The van der Waals surface area contributed by atoms with E-state index in [9.17, 15) is 9.59 Å². The third-order valence-electron chi connectivity index (χ3n) is 5.10. The van der Waals surface area contributed by atoms with Crippen molar-refractivity contribution in [2.75, 3.05) is 39.2 Å². The van der Waals surface area contributed by atoms with Crippen molar-refractivity contribution in [1.82, 2.24) is 10.2 Å². The summed E-state index contributed by atoms with van der Waals surface area (Å²) in [4.78, 5) is 26.5. The number of ether oxygens (including phenoxy) is 2. The average molecular weight is 412 g/mol. The second-order valence-electron chi connectivity index (χ2n) is 7.32. The monoisotopic (exact) mass is 411 g/mol. The molecule has 3 rings (SSSR count). The first-order valence-electron chi connectivity index (χ1n) is 10.2. The number of amides is 2. The largest absolute Gasteiger partial charge is 0.493 e. The van der Waals surface area contributed by atoms with E-state index in [-0.39, 0.29) is 18.4 Å². The standard InChI is InChI=1S/C23H29N3O4/c1-24-22(27)16-30-20-10-9-18(14-21(20)29-2)23(28)25-19-8-6-7-17(13-19)15-26-11-4-3-5-12-26/h6-10,13-14H,3-5,11-12,15-16H2,1-2H3,(H,24,27)(H,25,28). The number of methoxy groups -OCH3 is 1. The number of nitrogens with one attached hydrogen (secondary N) is 2. The van der Waals surface area contributed by atoms with Crippen molar-refractivity contribution >= 4 is 17.5 Å². The third kappa shape index (κ3) is 5.97. The first-order valence-corrected chi connectivity index (χ1v) is 10.2. The molecule has 0 atom stereocenters. The smallest absolute Gasteiger partial charge is 0.257 e. The van der Waals surface area contributed by atoms with Crippen molar-refractivity contribution < 1.29 is 19.1 Å². The first kappa shape index (κ1) is 21.6. The lowest BCUT2D eigenvalue weighted by atomic mass is 10.1. The number of carbonyl (C=O) groups is 2. The van der Waals surface area contributed by atoms with Crippen LogP contribution in [-0.4, -0.2) is 50.6 Å². The van der Waals surface area contributed by atoms with E-state index >= 15 is 0 Å². The number of rotatable bonds is 8. The molecule has 1 aliphatic heterocycles. The summed E-state index contributed by atoms with van der Waals surface area (Å²) in [6.45, 7) is 3.03. The Morgan fingerprint density at radius 1 is 1.03 bits per heavy atom. The molecule has 160 valence electrons. The van der Waals surface area contributed by atoms with Crippen LogP contribution < -0.4 is 20.1 Å². The Hall–Kier alpha value is -3.06. The van der Waals surface area contributed by atoms with Crippen molar-refractivity contribution in [3.8, 4) is 11.5 Å². The van der Waals surface area contributed by atoms with E-state index < -0.39 is 0 Å². The molecule has 0 unspecified atom stereocenters. The molecule has 1 heterocycles. The van der Waals surface area contributed by atoms with Crippen LogP contribution in [0.3, 0.4) is 0 Å². The lowest BCUT2D eigenvalue weighted by Crippen LogP contribution is -2.29. The maximum absolute atomic E-state index is 12.7.